The summed E-state index contributed by atoms with van der Waals surface area (Å²) in [4.78, 5) is 15.6. The number of rotatable bonds is 5. The van der Waals surface area contributed by atoms with Crippen LogP contribution in [-0.2, 0) is 11.2 Å². The van der Waals surface area contributed by atoms with Crippen LogP contribution in [0.4, 0.5) is 0 Å². The van der Waals surface area contributed by atoms with Crippen molar-refractivity contribution in [2.45, 2.75) is 19.4 Å². The highest BCUT2D eigenvalue weighted by molar-refractivity contribution is 7.07. The molecular weight excluding hydrogens is 236 g/mol. The van der Waals surface area contributed by atoms with Crippen LogP contribution in [0.1, 0.15) is 18.5 Å². The number of hydrogen-bond acceptors (Lipinski definition) is 4. The molecule has 0 fully saturated rings. The predicted molar refractivity (Wildman–Crippen MR) is 65.8 cm³/mol. The molecule has 2 aromatic heterocycles. The van der Waals surface area contributed by atoms with Crippen LogP contribution in [-0.4, -0.2) is 27.2 Å². The molecule has 0 aliphatic heterocycles. The first kappa shape index (κ1) is 11.8. The summed E-state index contributed by atoms with van der Waals surface area (Å²) in [5.41, 5.74) is 1.25. The largest absolute Gasteiger partial charge is 0.354 e. The van der Waals surface area contributed by atoms with Crippen LogP contribution in [0.2, 0.25) is 0 Å². The molecule has 1 N–H and O–H groups in total. The smallest absolute Gasteiger partial charge is 0.244 e. The number of hydrogen-bond donors (Lipinski definition) is 1. The summed E-state index contributed by atoms with van der Waals surface area (Å²) in [6, 6.07) is 1.75. The van der Waals surface area contributed by atoms with Gasteiger partial charge in [-0.1, -0.05) is 0 Å². The number of nitrogens with one attached hydrogen (secondary N) is 1. The van der Waals surface area contributed by atoms with Crippen molar-refractivity contribution < 1.29 is 4.79 Å². The Morgan fingerprint density at radius 2 is 2.53 bits per heavy atom. The first-order chi connectivity index (χ1) is 8.27. The van der Waals surface area contributed by atoms with Gasteiger partial charge in [-0.3, -0.25) is 4.79 Å². The monoisotopic (exact) mass is 250 g/mol. The average molecular weight is 250 g/mol. The molecule has 0 aliphatic rings. The summed E-state index contributed by atoms with van der Waals surface area (Å²) < 4.78 is 1.54. The van der Waals surface area contributed by atoms with E-state index in [1.807, 2.05) is 5.38 Å². The number of nitrogens with zero attached hydrogens (tertiary/aromatic N) is 3. The van der Waals surface area contributed by atoms with Crippen LogP contribution in [0, 0.1) is 0 Å². The minimum atomic E-state index is -0.319. The van der Waals surface area contributed by atoms with Crippen LogP contribution in [0.25, 0.3) is 0 Å². The normalized spacial score (nSPS) is 12.3. The summed E-state index contributed by atoms with van der Waals surface area (Å²) in [5, 5.41) is 11.0. The first-order valence-electron chi connectivity index (χ1n) is 5.40. The van der Waals surface area contributed by atoms with Gasteiger partial charge in [-0.2, -0.15) is 16.4 Å². The molecule has 2 heterocycles. The quantitative estimate of drug-likeness (QED) is 0.869. The van der Waals surface area contributed by atoms with Crippen molar-refractivity contribution in [1.82, 2.24) is 20.1 Å². The molecule has 0 aromatic carbocycles. The maximum absolute atomic E-state index is 11.8. The third-order valence-corrected chi connectivity index (χ3v) is 3.24. The number of carbonyl (C=O) groups is 1. The molecule has 0 unspecified atom stereocenters. The van der Waals surface area contributed by atoms with E-state index in [1.165, 1.54) is 11.9 Å². The molecule has 0 bridgehead atoms. The first-order valence-corrected chi connectivity index (χ1v) is 6.34. The maximum Gasteiger partial charge on any atom is 0.244 e. The van der Waals surface area contributed by atoms with Crippen LogP contribution >= 0.6 is 11.3 Å². The van der Waals surface area contributed by atoms with Crippen LogP contribution < -0.4 is 5.32 Å². The van der Waals surface area contributed by atoms with E-state index in [4.69, 9.17) is 0 Å². The van der Waals surface area contributed by atoms with Gasteiger partial charge in [-0.25, -0.2) is 9.67 Å². The molecule has 0 spiro atoms. The molecule has 5 nitrogen and oxygen atoms in total. The molecule has 0 radical (unpaired) electrons. The number of aromatic nitrogens is 3. The molecule has 90 valence electrons. The summed E-state index contributed by atoms with van der Waals surface area (Å²) in [5.74, 6) is -0.0364. The Balaban J connectivity index is 1.77. The van der Waals surface area contributed by atoms with Crippen molar-refractivity contribution in [3.8, 4) is 0 Å². The van der Waals surface area contributed by atoms with Gasteiger partial charge >= 0.3 is 0 Å². The highest BCUT2D eigenvalue weighted by Crippen LogP contribution is 2.06. The van der Waals surface area contributed by atoms with Gasteiger partial charge < -0.3 is 5.32 Å². The highest BCUT2D eigenvalue weighted by atomic mass is 32.1. The van der Waals surface area contributed by atoms with E-state index in [9.17, 15) is 4.79 Å². The topological polar surface area (TPSA) is 59.8 Å². The second-order valence-corrected chi connectivity index (χ2v) is 4.50. The Kier molecular flexibility index (Phi) is 3.87. The zero-order valence-electron chi connectivity index (χ0n) is 9.54. The van der Waals surface area contributed by atoms with Crippen molar-refractivity contribution in [3.05, 3.63) is 35.0 Å². The lowest BCUT2D eigenvalue weighted by molar-refractivity contribution is -0.124. The second-order valence-electron chi connectivity index (χ2n) is 3.72. The molecule has 2 aromatic rings. The lowest BCUT2D eigenvalue weighted by atomic mass is 10.2. The minimum Gasteiger partial charge on any atom is -0.354 e. The zero-order valence-corrected chi connectivity index (χ0v) is 10.4. The van der Waals surface area contributed by atoms with Crippen molar-refractivity contribution in [1.29, 1.82) is 0 Å². The highest BCUT2D eigenvalue weighted by Gasteiger charge is 2.14. The number of carbonyl (C=O) groups excluding carboxylic acids is 1. The lowest BCUT2D eigenvalue weighted by Crippen LogP contribution is -2.32. The maximum atomic E-state index is 11.8. The van der Waals surface area contributed by atoms with Gasteiger partial charge in [-0.05, 0) is 35.7 Å². The molecule has 1 amide bonds. The predicted octanol–water partition coefficient (Wildman–Crippen LogP) is 1.26. The Morgan fingerprint density at radius 3 is 3.18 bits per heavy atom. The summed E-state index contributed by atoms with van der Waals surface area (Å²) in [7, 11) is 0. The van der Waals surface area contributed by atoms with Crippen LogP contribution in [0.5, 0.6) is 0 Å². The van der Waals surface area contributed by atoms with E-state index in [-0.39, 0.29) is 11.9 Å². The van der Waals surface area contributed by atoms with E-state index in [2.05, 4.69) is 26.8 Å². The Morgan fingerprint density at radius 1 is 1.65 bits per heavy atom. The molecule has 17 heavy (non-hydrogen) atoms. The molecule has 2 rings (SSSR count). The van der Waals surface area contributed by atoms with E-state index in [0.29, 0.717) is 6.54 Å². The van der Waals surface area contributed by atoms with Gasteiger partial charge in [-0.15, -0.1) is 0 Å². The van der Waals surface area contributed by atoms with Crippen molar-refractivity contribution in [2.24, 2.45) is 0 Å². The molecule has 0 aliphatic carbocycles. The fraction of sp³-hybridized carbons (Fsp3) is 0.364. The molecule has 0 saturated carbocycles. The van der Waals surface area contributed by atoms with Crippen LogP contribution in [0.15, 0.2) is 29.5 Å². The lowest BCUT2D eigenvalue weighted by Gasteiger charge is -2.11. The minimum absolute atomic E-state index is 0.0364. The summed E-state index contributed by atoms with van der Waals surface area (Å²) >= 11 is 1.67. The van der Waals surface area contributed by atoms with E-state index < -0.39 is 0 Å². The standard InChI is InChI=1S/C11H14N4OS/c1-9(15-8-12-7-14-15)11(16)13-4-2-10-3-5-17-6-10/h3,5-9H,2,4H2,1H3,(H,13,16)/t9-/m1/s1. The van der Waals surface area contributed by atoms with Gasteiger partial charge in [0.1, 0.15) is 18.7 Å². The number of thiophene rings is 1. The summed E-state index contributed by atoms with van der Waals surface area (Å²) in [6.07, 6.45) is 3.83. The Hall–Kier alpha value is -1.69. The molecule has 6 heteroatoms. The molecule has 0 saturated heterocycles. The molecule has 1 atom stereocenters. The number of amides is 1. The fourth-order valence-corrected chi connectivity index (χ4v) is 2.15. The van der Waals surface area contributed by atoms with Gasteiger partial charge in [0.2, 0.25) is 5.91 Å². The average Bonchev–Trinajstić information content (AvgIpc) is 3.00. The van der Waals surface area contributed by atoms with Gasteiger partial charge in [0.25, 0.3) is 0 Å². The van der Waals surface area contributed by atoms with E-state index >= 15 is 0 Å². The fourth-order valence-electron chi connectivity index (χ4n) is 1.45. The van der Waals surface area contributed by atoms with E-state index in [1.54, 1.807) is 29.3 Å². The molecular formula is C11H14N4OS. The summed E-state index contributed by atoms with van der Waals surface area (Å²) in [6.45, 7) is 2.45. The Labute approximate surface area is 103 Å². The second kappa shape index (κ2) is 5.58. The van der Waals surface area contributed by atoms with Gasteiger partial charge in [0.05, 0.1) is 0 Å². The Bertz CT molecular complexity index is 452. The van der Waals surface area contributed by atoms with Crippen molar-refractivity contribution >= 4 is 17.2 Å². The zero-order chi connectivity index (χ0) is 12.1. The third-order valence-electron chi connectivity index (χ3n) is 2.51. The third kappa shape index (κ3) is 3.13. The van der Waals surface area contributed by atoms with Gasteiger partial charge in [0, 0.05) is 6.54 Å². The van der Waals surface area contributed by atoms with Crippen molar-refractivity contribution in [2.75, 3.05) is 6.54 Å². The van der Waals surface area contributed by atoms with Crippen LogP contribution in [0.3, 0.4) is 0 Å². The van der Waals surface area contributed by atoms with Crippen molar-refractivity contribution in [3.63, 3.8) is 0 Å². The van der Waals surface area contributed by atoms with Gasteiger partial charge in [0.15, 0.2) is 0 Å². The van der Waals surface area contributed by atoms with E-state index in [0.717, 1.165) is 6.42 Å². The SMILES string of the molecule is C[C@H](C(=O)NCCc1ccsc1)n1cncn1.